The highest BCUT2D eigenvalue weighted by Crippen LogP contribution is 2.29. The Morgan fingerprint density at radius 3 is 2.49 bits per heavy atom. The molecule has 2 heterocycles. The van der Waals surface area contributed by atoms with Crippen molar-refractivity contribution in [2.24, 2.45) is 4.99 Å². The number of fused-ring (bicyclic) bond motifs is 1. The van der Waals surface area contributed by atoms with Crippen LogP contribution in [0.5, 0.6) is 0 Å². The van der Waals surface area contributed by atoms with Gasteiger partial charge in [0.25, 0.3) is 11.8 Å². The molecule has 0 bridgehead atoms. The number of piperidine rings is 1. The summed E-state index contributed by atoms with van der Waals surface area (Å²) in [6.45, 7) is 3.78. The van der Waals surface area contributed by atoms with Crippen molar-refractivity contribution in [3.8, 4) is 0 Å². The number of rotatable bonds is 5. The van der Waals surface area contributed by atoms with E-state index in [1.807, 2.05) is 77.4 Å². The molecule has 5 rings (SSSR count). The maximum Gasteiger partial charge on any atom is 0.254 e. The van der Waals surface area contributed by atoms with E-state index < -0.39 is 0 Å². The summed E-state index contributed by atoms with van der Waals surface area (Å²) in [6, 6.07) is 19.9. The van der Waals surface area contributed by atoms with Gasteiger partial charge in [-0.25, -0.2) is 4.39 Å². The smallest absolute Gasteiger partial charge is 0.254 e. The van der Waals surface area contributed by atoms with E-state index in [2.05, 4.69) is 4.99 Å². The van der Waals surface area contributed by atoms with Gasteiger partial charge in [0.1, 0.15) is 5.82 Å². The Morgan fingerprint density at radius 1 is 1.00 bits per heavy atom. The van der Waals surface area contributed by atoms with Crippen molar-refractivity contribution in [1.29, 1.82) is 0 Å². The molecule has 0 aromatic heterocycles. The number of allylic oxidation sites excluding steroid dienone is 1. The van der Waals surface area contributed by atoms with Gasteiger partial charge in [0.15, 0.2) is 0 Å². The van der Waals surface area contributed by atoms with Crippen molar-refractivity contribution in [2.75, 3.05) is 20.1 Å². The average molecular weight is 496 g/mol. The van der Waals surface area contributed by atoms with E-state index in [0.717, 1.165) is 35.1 Å². The van der Waals surface area contributed by atoms with Crippen LogP contribution in [0.3, 0.4) is 0 Å². The highest BCUT2D eigenvalue weighted by Gasteiger charge is 2.35. The zero-order valence-electron chi connectivity index (χ0n) is 21.2. The number of nitrogens with zero attached hydrogens (tertiary/aromatic N) is 3. The molecule has 0 unspecified atom stereocenters. The van der Waals surface area contributed by atoms with E-state index in [9.17, 15) is 14.0 Å². The Labute approximate surface area is 216 Å². The number of hydrogen-bond donors (Lipinski definition) is 0. The third-order valence-corrected chi connectivity index (χ3v) is 7.26. The molecule has 0 radical (unpaired) electrons. The van der Waals surface area contributed by atoms with Crippen LogP contribution in [0.4, 0.5) is 4.39 Å². The first-order valence-corrected chi connectivity index (χ1v) is 12.7. The van der Waals surface area contributed by atoms with E-state index in [-0.39, 0.29) is 23.7 Å². The maximum absolute atomic E-state index is 13.9. The van der Waals surface area contributed by atoms with Crippen molar-refractivity contribution < 1.29 is 14.0 Å². The summed E-state index contributed by atoms with van der Waals surface area (Å²) in [5.41, 5.74) is 5.54. The Kier molecular flexibility index (Phi) is 6.99. The summed E-state index contributed by atoms with van der Waals surface area (Å²) in [7, 11) is 1.69. The van der Waals surface area contributed by atoms with Crippen LogP contribution in [0.25, 0.3) is 6.08 Å². The monoisotopic (exact) mass is 495 g/mol. The molecule has 0 spiro atoms. The molecule has 188 valence electrons. The lowest BCUT2D eigenvalue weighted by atomic mass is 9.94. The van der Waals surface area contributed by atoms with Crippen molar-refractivity contribution in [1.82, 2.24) is 9.80 Å². The van der Waals surface area contributed by atoms with E-state index in [4.69, 9.17) is 0 Å². The molecule has 37 heavy (non-hydrogen) atoms. The zero-order valence-corrected chi connectivity index (χ0v) is 21.2. The number of hydrogen-bond acceptors (Lipinski definition) is 3. The third kappa shape index (κ3) is 4.84. The van der Waals surface area contributed by atoms with Gasteiger partial charge in [-0.1, -0.05) is 48.6 Å². The second-order valence-electron chi connectivity index (χ2n) is 9.50. The molecular weight excluding hydrogens is 465 g/mol. The lowest BCUT2D eigenvalue weighted by Crippen LogP contribution is -2.46. The van der Waals surface area contributed by atoms with Crippen LogP contribution in [0.15, 0.2) is 77.8 Å². The lowest BCUT2D eigenvalue weighted by molar-refractivity contribution is 0.0535. The van der Waals surface area contributed by atoms with Crippen LogP contribution >= 0.6 is 0 Å². The van der Waals surface area contributed by atoms with Gasteiger partial charge in [0.2, 0.25) is 0 Å². The van der Waals surface area contributed by atoms with Gasteiger partial charge in [-0.3, -0.25) is 14.6 Å². The maximum atomic E-state index is 13.9. The molecule has 0 aliphatic carbocycles. The van der Waals surface area contributed by atoms with Gasteiger partial charge in [0, 0.05) is 55.0 Å². The number of halogens is 1. The largest absolute Gasteiger partial charge is 0.338 e. The van der Waals surface area contributed by atoms with Gasteiger partial charge in [-0.2, -0.15) is 0 Å². The predicted molar refractivity (Wildman–Crippen MR) is 144 cm³/mol. The average Bonchev–Trinajstić information content (AvgIpc) is 3.26. The van der Waals surface area contributed by atoms with Crippen molar-refractivity contribution in [3.63, 3.8) is 0 Å². The fraction of sp³-hybridized carbons (Fsp3) is 0.258. The van der Waals surface area contributed by atoms with E-state index >= 15 is 0 Å². The Morgan fingerprint density at radius 2 is 1.78 bits per heavy atom. The Hall–Kier alpha value is -4.06. The Balaban J connectivity index is 1.31. The van der Waals surface area contributed by atoms with E-state index in [1.54, 1.807) is 13.1 Å². The second kappa shape index (κ2) is 10.5. The minimum absolute atomic E-state index is 0.0208. The standard InChI is InChI=1S/C31H30FN3O2/c1-3-7-21-18-23(12-13-27(21)29(33-2)22-9-6-10-25(32)19-22)30(36)34-16-14-26(15-17-34)35-20-24-8-4-5-11-28(24)31(35)37/h3-13,18-19,26H,14-17,20H2,1-2H3/b7-3+,33-29?. The molecule has 2 amide bonds. The van der Waals surface area contributed by atoms with Crippen molar-refractivity contribution >= 4 is 23.6 Å². The molecule has 0 saturated carbocycles. The normalized spacial score (nSPS) is 16.5. The fourth-order valence-corrected chi connectivity index (χ4v) is 5.40. The quantitative estimate of drug-likeness (QED) is 0.434. The topological polar surface area (TPSA) is 53.0 Å². The first-order chi connectivity index (χ1) is 18.0. The minimum Gasteiger partial charge on any atom is -0.338 e. The lowest BCUT2D eigenvalue weighted by Gasteiger charge is -2.36. The molecule has 2 aliphatic heterocycles. The molecular formula is C31H30FN3O2. The summed E-state index contributed by atoms with van der Waals surface area (Å²) < 4.78 is 13.9. The molecule has 5 nitrogen and oxygen atoms in total. The van der Waals surface area contributed by atoms with Crippen molar-refractivity contribution in [2.45, 2.75) is 32.4 Å². The van der Waals surface area contributed by atoms with Crippen LogP contribution in [-0.2, 0) is 6.54 Å². The number of carbonyl (C=O) groups excluding carboxylic acids is 2. The summed E-state index contributed by atoms with van der Waals surface area (Å²) >= 11 is 0. The highest BCUT2D eigenvalue weighted by molar-refractivity contribution is 6.15. The van der Waals surface area contributed by atoms with Gasteiger partial charge >= 0.3 is 0 Å². The number of benzene rings is 3. The number of carbonyl (C=O) groups is 2. The third-order valence-electron chi connectivity index (χ3n) is 7.26. The molecule has 1 saturated heterocycles. The fourth-order valence-electron chi connectivity index (χ4n) is 5.40. The SMILES string of the molecule is C/C=C/c1cc(C(=O)N2CCC(N3Cc4ccccc4C3=O)CC2)ccc1C(=NC)c1cccc(F)c1. The van der Waals surface area contributed by atoms with Crippen LogP contribution in [-0.4, -0.2) is 53.5 Å². The van der Waals surface area contributed by atoms with Gasteiger partial charge in [-0.05, 0) is 61.2 Å². The molecule has 2 aliphatic rings. The first kappa shape index (κ1) is 24.6. The predicted octanol–water partition coefficient (Wildman–Crippen LogP) is 5.59. The molecule has 0 N–H and O–H groups in total. The van der Waals surface area contributed by atoms with Crippen LogP contribution < -0.4 is 0 Å². The van der Waals surface area contributed by atoms with Crippen molar-refractivity contribution in [3.05, 3.63) is 112 Å². The van der Waals surface area contributed by atoms with Crippen LogP contribution in [0.2, 0.25) is 0 Å². The first-order valence-electron chi connectivity index (χ1n) is 12.7. The summed E-state index contributed by atoms with van der Waals surface area (Å²) in [6.07, 6.45) is 5.39. The highest BCUT2D eigenvalue weighted by atomic mass is 19.1. The molecule has 3 aromatic carbocycles. The number of aliphatic imine (C=N–C) groups is 1. The minimum atomic E-state index is -0.319. The number of likely N-dealkylation sites (tertiary alicyclic amines) is 1. The summed E-state index contributed by atoms with van der Waals surface area (Å²) in [4.78, 5) is 34.6. The van der Waals surface area contributed by atoms with Crippen LogP contribution in [0, 0.1) is 5.82 Å². The molecule has 3 aromatic rings. The zero-order chi connectivity index (χ0) is 25.9. The van der Waals surface area contributed by atoms with Gasteiger partial charge < -0.3 is 9.80 Å². The molecule has 6 heteroatoms. The molecule has 0 atom stereocenters. The van der Waals surface area contributed by atoms with E-state index in [0.29, 0.717) is 36.5 Å². The summed E-state index contributed by atoms with van der Waals surface area (Å²) in [5.74, 6) is -0.243. The van der Waals surface area contributed by atoms with Crippen LogP contribution in [0.1, 0.15) is 62.7 Å². The van der Waals surface area contributed by atoms with E-state index in [1.165, 1.54) is 12.1 Å². The second-order valence-corrected chi connectivity index (χ2v) is 9.50. The van der Waals surface area contributed by atoms with Gasteiger partial charge in [-0.15, -0.1) is 0 Å². The molecule has 1 fully saturated rings. The Bertz CT molecular complexity index is 1400. The summed E-state index contributed by atoms with van der Waals surface area (Å²) in [5, 5.41) is 0. The van der Waals surface area contributed by atoms with Gasteiger partial charge in [0.05, 0.1) is 5.71 Å². The number of amides is 2.